The number of hydrogen-bond acceptors (Lipinski definition) is 8. The van der Waals surface area contributed by atoms with Gasteiger partial charge in [-0.2, -0.15) is 0 Å². The maximum absolute atomic E-state index is 13.6. The van der Waals surface area contributed by atoms with E-state index < -0.39 is 17.7 Å². The molecule has 0 unspecified atom stereocenters. The van der Waals surface area contributed by atoms with Crippen LogP contribution in [0.2, 0.25) is 0 Å². The average molecular weight is 565 g/mol. The van der Waals surface area contributed by atoms with Crippen LogP contribution in [0.25, 0.3) is 5.76 Å². The van der Waals surface area contributed by atoms with E-state index in [0.29, 0.717) is 68.4 Å². The zero-order valence-corrected chi connectivity index (χ0v) is 24.2. The highest BCUT2D eigenvalue weighted by Crippen LogP contribution is 2.43. The molecule has 0 saturated carbocycles. The summed E-state index contributed by atoms with van der Waals surface area (Å²) in [7, 11) is 0. The molecule has 0 bridgehead atoms. The normalized spacial score (nSPS) is 22.1. The van der Waals surface area contributed by atoms with Gasteiger partial charge in [-0.05, 0) is 68.1 Å². The van der Waals surface area contributed by atoms with Gasteiger partial charge in [0.1, 0.15) is 17.6 Å². The zero-order valence-electron chi connectivity index (χ0n) is 24.2. The fourth-order valence-electron chi connectivity index (χ4n) is 5.77. The number of aliphatic hydroxyl groups is 1. The first-order valence-electron chi connectivity index (χ1n) is 14.7. The Morgan fingerprint density at radius 1 is 1.02 bits per heavy atom. The highest BCUT2D eigenvalue weighted by Gasteiger charge is 2.46. The topological polar surface area (TPSA) is 97.8 Å². The predicted molar refractivity (Wildman–Crippen MR) is 155 cm³/mol. The highest BCUT2D eigenvalue weighted by molar-refractivity contribution is 6.46. The maximum atomic E-state index is 13.6. The van der Waals surface area contributed by atoms with Crippen LogP contribution in [-0.4, -0.2) is 85.3 Å². The smallest absolute Gasteiger partial charge is 0.295 e. The number of nitrogens with zero attached hydrogens (tertiary/aromatic N) is 2. The van der Waals surface area contributed by atoms with Crippen LogP contribution in [-0.2, 0) is 20.7 Å². The molecule has 2 aromatic carbocycles. The minimum Gasteiger partial charge on any atom is -0.507 e. The fraction of sp³-hybridized carbons (Fsp3) is 0.500. The lowest BCUT2D eigenvalue weighted by Crippen LogP contribution is -2.39. The number of rotatable bonds is 11. The first-order valence-corrected chi connectivity index (χ1v) is 14.7. The van der Waals surface area contributed by atoms with E-state index in [4.69, 9.17) is 18.9 Å². The molecule has 5 rings (SSSR count). The molecule has 2 atom stereocenters. The lowest BCUT2D eigenvalue weighted by atomic mass is 9.94. The molecule has 0 radical (unpaired) electrons. The second kappa shape index (κ2) is 13.0. The summed E-state index contributed by atoms with van der Waals surface area (Å²) in [5, 5.41) is 11.6. The Bertz CT molecular complexity index is 1300. The molecule has 9 nitrogen and oxygen atoms in total. The quantitative estimate of drug-likeness (QED) is 0.245. The molecule has 2 saturated heterocycles. The summed E-state index contributed by atoms with van der Waals surface area (Å²) >= 11 is 0. The Labute approximate surface area is 241 Å². The van der Waals surface area contributed by atoms with Crippen molar-refractivity contribution >= 4 is 17.4 Å². The largest absolute Gasteiger partial charge is 0.507 e. The Morgan fingerprint density at radius 2 is 1.83 bits per heavy atom. The number of amides is 1. The van der Waals surface area contributed by atoms with Crippen LogP contribution in [0.15, 0.2) is 42.0 Å². The van der Waals surface area contributed by atoms with E-state index in [9.17, 15) is 14.7 Å². The van der Waals surface area contributed by atoms with Gasteiger partial charge in [0.25, 0.3) is 11.7 Å². The SMILES string of the molecule is CCCOc1ccc([C@@H]2C(=C(O)c3ccc4c(c3)C[C@@H](C)O4)C(=O)C(=O)N2CCCN2CCOCC2)cc1OCC. The van der Waals surface area contributed by atoms with Gasteiger partial charge in [-0.3, -0.25) is 14.5 Å². The second-order valence-corrected chi connectivity index (χ2v) is 10.7. The van der Waals surface area contributed by atoms with Gasteiger partial charge in [0.05, 0.1) is 38.0 Å². The van der Waals surface area contributed by atoms with Crippen molar-refractivity contribution in [3.63, 3.8) is 0 Å². The van der Waals surface area contributed by atoms with Crippen LogP contribution in [0.4, 0.5) is 0 Å². The van der Waals surface area contributed by atoms with Crippen LogP contribution in [0.5, 0.6) is 17.2 Å². The molecule has 3 aliphatic rings. The molecule has 1 amide bonds. The summed E-state index contributed by atoms with van der Waals surface area (Å²) in [5.74, 6) is 0.443. The molecule has 9 heteroatoms. The van der Waals surface area contributed by atoms with Gasteiger partial charge in [-0.25, -0.2) is 0 Å². The molecule has 0 aromatic heterocycles. The monoisotopic (exact) mass is 564 g/mol. The summed E-state index contributed by atoms with van der Waals surface area (Å²) in [6.45, 7) is 11.1. The molecule has 3 heterocycles. The van der Waals surface area contributed by atoms with Gasteiger partial charge in [0.15, 0.2) is 11.5 Å². The van der Waals surface area contributed by atoms with Crippen molar-refractivity contribution in [2.75, 3.05) is 52.6 Å². The van der Waals surface area contributed by atoms with Gasteiger partial charge < -0.3 is 29.0 Å². The van der Waals surface area contributed by atoms with Gasteiger partial charge in [-0.15, -0.1) is 0 Å². The number of carbonyl (C=O) groups is 2. The lowest BCUT2D eigenvalue weighted by Gasteiger charge is -2.29. The van der Waals surface area contributed by atoms with Crippen molar-refractivity contribution in [1.29, 1.82) is 0 Å². The molecule has 41 heavy (non-hydrogen) atoms. The first kappa shape index (κ1) is 29.0. The molecule has 1 N–H and O–H groups in total. The number of aliphatic hydroxyl groups excluding tert-OH is 1. The molecular weight excluding hydrogens is 524 g/mol. The molecule has 220 valence electrons. The van der Waals surface area contributed by atoms with E-state index in [0.717, 1.165) is 37.4 Å². The van der Waals surface area contributed by atoms with Gasteiger partial charge in [0, 0.05) is 38.2 Å². The van der Waals surface area contributed by atoms with Crippen LogP contribution >= 0.6 is 0 Å². The fourth-order valence-corrected chi connectivity index (χ4v) is 5.77. The number of ether oxygens (including phenoxy) is 4. The van der Waals surface area contributed by atoms with Crippen molar-refractivity contribution in [2.45, 2.75) is 52.2 Å². The lowest BCUT2D eigenvalue weighted by molar-refractivity contribution is -0.140. The van der Waals surface area contributed by atoms with Gasteiger partial charge in [0.2, 0.25) is 0 Å². The Kier molecular flexibility index (Phi) is 9.15. The van der Waals surface area contributed by atoms with Crippen LogP contribution in [0, 0.1) is 0 Å². The average Bonchev–Trinajstić information content (AvgIpc) is 3.48. The molecule has 0 spiro atoms. The van der Waals surface area contributed by atoms with Gasteiger partial charge >= 0.3 is 0 Å². The first-order chi connectivity index (χ1) is 19.9. The van der Waals surface area contributed by atoms with E-state index in [1.807, 2.05) is 51.1 Å². The van der Waals surface area contributed by atoms with Crippen molar-refractivity contribution < 1.29 is 33.6 Å². The van der Waals surface area contributed by atoms with Crippen molar-refractivity contribution in [1.82, 2.24) is 9.80 Å². The second-order valence-electron chi connectivity index (χ2n) is 10.7. The zero-order chi connectivity index (χ0) is 28.9. The number of likely N-dealkylation sites (tertiary alicyclic amines) is 1. The van der Waals surface area contributed by atoms with Crippen molar-refractivity contribution in [2.24, 2.45) is 0 Å². The van der Waals surface area contributed by atoms with E-state index >= 15 is 0 Å². The summed E-state index contributed by atoms with van der Waals surface area (Å²) in [5.41, 5.74) is 2.22. The third-order valence-electron chi connectivity index (χ3n) is 7.73. The van der Waals surface area contributed by atoms with Crippen LogP contribution in [0.1, 0.15) is 56.3 Å². The van der Waals surface area contributed by atoms with E-state index in [1.54, 1.807) is 11.0 Å². The van der Waals surface area contributed by atoms with E-state index in [1.165, 1.54) is 0 Å². The molecule has 3 aliphatic heterocycles. The third-order valence-corrected chi connectivity index (χ3v) is 7.73. The summed E-state index contributed by atoms with van der Waals surface area (Å²) < 4.78 is 23.1. The number of fused-ring (bicyclic) bond motifs is 1. The summed E-state index contributed by atoms with van der Waals surface area (Å²) in [6.07, 6.45) is 2.30. The number of ketones is 1. The third kappa shape index (κ3) is 6.21. The molecular formula is C32H40N2O7. The maximum Gasteiger partial charge on any atom is 0.295 e. The van der Waals surface area contributed by atoms with E-state index in [-0.39, 0.29) is 17.4 Å². The molecule has 0 aliphatic carbocycles. The Morgan fingerprint density at radius 3 is 2.59 bits per heavy atom. The Balaban J connectivity index is 1.52. The minimum absolute atomic E-state index is 0.0462. The van der Waals surface area contributed by atoms with E-state index in [2.05, 4.69) is 4.90 Å². The van der Waals surface area contributed by atoms with Crippen LogP contribution < -0.4 is 14.2 Å². The summed E-state index contributed by atoms with van der Waals surface area (Å²) in [6, 6.07) is 10.1. The molecule has 2 fully saturated rings. The van der Waals surface area contributed by atoms with Crippen LogP contribution in [0.3, 0.4) is 0 Å². The predicted octanol–water partition coefficient (Wildman–Crippen LogP) is 4.34. The minimum atomic E-state index is -0.762. The number of benzene rings is 2. The van der Waals surface area contributed by atoms with Gasteiger partial charge in [-0.1, -0.05) is 13.0 Å². The Hall–Kier alpha value is -3.56. The number of morpholine rings is 1. The number of Topliss-reactive ketones (excluding diaryl/α,β-unsaturated/α-hetero) is 1. The van der Waals surface area contributed by atoms with Crippen molar-refractivity contribution in [3.8, 4) is 17.2 Å². The standard InChI is InChI=1S/C32H40N2O7/c1-4-15-40-26-10-7-22(20-27(26)39-5-2)29-28(30(35)23-8-9-25-24(19-23)18-21(3)41-25)31(36)32(37)34(29)12-6-11-33-13-16-38-17-14-33/h7-10,19-21,29,35H,4-6,11-18H2,1-3H3/t21-,29-/m1/s1. The molecule has 2 aromatic rings. The number of carbonyl (C=O) groups excluding carboxylic acids is 2. The summed E-state index contributed by atoms with van der Waals surface area (Å²) in [4.78, 5) is 30.9. The number of hydrogen-bond donors (Lipinski definition) is 1. The highest BCUT2D eigenvalue weighted by atomic mass is 16.5. The van der Waals surface area contributed by atoms with Crippen molar-refractivity contribution in [3.05, 3.63) is 58.7 Å².